The van der Waals surface area contributed by atoms with E-state index in [-0.39, 0.29) is 0 Å². The Kier molecular flexibility index (Phi) is 5.88. The minimum Gasteiger partial charge on any atom is -0.465 e. The molecule has 0 saturated carbocycles. The molecule has 8 heteroatoms. The Morgan fingerprint density at radius 2 is 1.85 bits per heavy atom. The quantitative estimate of drug-likeness (QED) is 0.353. The van der Waals surface area contributed by atoms with Crippen molar-refractivity contribution in [3.05, 3.63) is 69.0 Å². The number of anilines is 1. The van der Waals surface area contributed by atoms with Crippen molar-refractivity contribution >= 4 is 51.9 Å². The molecule has 0 radical (unpaired) electrons. The van der Waals surface area contributed by atoms with E-state index in [0.29, 0.717) is 31.3 Å². The number of benzene rings is 2. The largest absolute Gasteiger partial charge is 0.465 e. The van der Waals surface area contributed by atoms with E-state index in [1.54, 1.807) is 18.2 Å². The lowest BCUT2D eigenvalue weighted by Crippen LogP contribution is -2.00. The van der Waals surface area contributed by atoms with Gasteiger partial charge in [0, 0.05) is 11.1 Å². The molecular weight excluding hydrogens is 393 g/mol. The van der Waals surface area contributed by atoms with Gasteiger partial charge in [-0.2, -0.15) is 5.10 Å². The molecular formula is C18H13Cl2N3O2S. The number of thiazole rings is 1. The fraction of sp³-hybridized carbons (Fsp3) is 0.0556. The van der Waals surface area contributed by atoms with Crippen LogP contribution in [0.1, 0.15) is 15.2 Å². The first-order valence-electron chi connectivity index (χ1n) is 7.48. The topological polar surface area (TPSA) is 63.6 Å². The van der Waals surface area contributed by atoms with Crippen molar-refractivity contribution in [3.8, 4) is 11.3 Å². The fourth-order valence-corrected chi connectivity index (χ4v) is 3.53. The number of carbonyl (C=O) groups excluding carboxylic acids is 1. The number of hydrazone groups is 1. The first-order chi connectivity index (χ1) is 12.6. The number of esters is 1. The molecule has 0 saturated heterocycles. The number of nitrogens with one attached hydrogen (secondary N) is 1. The van der Waals surface area contributed by atoms with Gasteiger partial charge in [-0.25, -0.2) is 9.78 Å². The molecule has 0 aliphatic rings. The Labute approximate surface area is 164 Å². The van der Waals surface area contributed by atoms with Crippen LogP contribution in [0.25, 0.3) is 11.3 Å². The highest BCUT2D eigenvalue weighted by Gasteiger charge is 2.19. The Morgan fingerprint density at radius 1 is 1.15 bits per heavy atom. The standard InChI is InChI=1S/C18H13Cl2N3O2S/c1-25-17(24)16-15(11-6-3-2-4-7-11)22-18(26-16)23-21-10-12-13(19)8-5-9-14(12)20/h2-10H,1H3,(H,22,23)/b21-10-. The van der Waals surface area contributed by atoms with E-state index >= 15 is 0 Å². The second-order valence-corrected chi connectivity index (χ2v) is 6.87. The Morgan fingerprint density at radius 3 is 2.50 bits per heavy atom. The maximum Gasteiger partial charge on any atom is 0.350 e. The Bertz CT molecular complexity index is 938. The van der Waals surface area contributed by atoms with Gasteiger partial charge in [0.2, 0.25) is 5.13 Å². The van der Waals surface area contributed by atoms with Crippen LogP contribution in [0.2, 0.25) is 10.0 Å². The van der Waals surface area contributed by atoms with Gasteiger partial charge in [-0.1, -0.05) is 70.9 Å². The van der Waals surface area contributed by atoms with Gasteiger partial charge >= 0.3 is 5.97 Å². The molecule has 0 amide bonds. The predicted octanol–water partition coefficient (Wildman–Crippen LogP) is 5.35. The van der Waals surface area contributed by atoms with Gasteiger partial charge in [0.25, 0.3) is 0 Å². The molecule has 132 valence electrons. The maximum atomic E-state index is 12.1. The summed E-state index contributed by atoms with van der Waals surface area (Å²) in [6.45, 7) is 0. The molecule has 0 spiro atoms. The molecule has 26 heavy (non-hydrogen) atoms. The molecule has 1 heterocycles. The van der Waals surface area contributed by atoms with Crippen molar-refractivity contribution in [2.45, 2.75) is 0 Å². The normalized spacial score (nSPS) is 10.9. The molecule has 1 aromatic heterocycles. The lowest BCUT2D eigenvalue weighted by Gasteiger charge is -2.00. The molecule has 0 aliphatic carbocycles. The average Bonchev–Trinajstić information content (AvgIpc) is 3.08. The molecule has 0 atom stereocenters. The number of rotatable bonds is 5. The minimum atomic E-state index is -0.451. The summed E-state index contributed by atoms with van der Waals surface area (Å²) in [5.74, 6) is -0.451. The summed E-state index contributed by atoms with van der Waals surface area (Å²) >= 11 is 13.4. The van der Waals surface area contributed by atoms with Crippen molar-refractivity contribution in [3.63, 3.8) is 0 Å². The van der Waals surface area contributed by atoms with Crippen LogP contribution in [0.5, 0.6) is 0 Å². The summed E-state index contributed by atoms with van der Waals surface area (Å²) in [6, 6.07) is 14.6. The van der Waals surface area contributed by atoms with Crippen LogP contribution in [0.3, 0.4) is 0 Å². The van der Waals surface area contributed by atoms with Crippen molar-refractivity contribution in [2.24, 2.45) is 5.10 Å². The second kappa shape index (κ2) is 8.31. The van der Waals surface area contributed by atoms with Crippen molar-refractivity contribution < 1.29 is 9.53 Å². The SMILES string of the molecule is COC(=O)c1sc(N/N=C\c2c(Cl)cccc2Cl)nc1-c1ccccc1. The third-order valence-electron chi connectivity index (χ3n) is 3.40. The highest BCUT2D eigenvalue weighted by atomic mass is 35.5. The van der Waals surface area contributed by atoms with E-state index in [4.69, 9.17) is 27.9 Å². The Balaban J connectivity index is 1.88. The number of hydrogen-bond acceptors (Lipinski definition) is 6. The van der Waals surface area contributed by atoms with E-state index < -0.39 is 5.97 Å². The molecule has 3 rings (SSSR count). The molecule has 0 fully saturated rings. The van der Waals surface area contributed by atoms with Gasteiger partial charge < -0.3 is 4.74 Å². The van der Waals surface area contributed by atoms with E-state index in [2.05, 4.69) is 15.5 Å². The summed E-state index contributed by atoms with van der Waals surface area (Å²) in [5.41, 5.74) is 4.76. The molecule has 0 bridgehead atoms. The molecule has 3 aromatic rings. The number of carbonyl (C=O) groups is 1. The lowest BCUT2D eigenvalue weighted by molar-refractivity contribution is 0.0607. The van der Waals surface area contributed by atoms with Crippen LogP contribution < -0.4 is 5.43 Å². The van der Waals surface area contributed by atoms with Crippen LogP contribution in [-0.2, 0) is 4.74 Å². The average molecular weight is 406 g/mol. The van der Waals surface area contributed by atoms with E-state index in [0.717, 1.165) is 16.9 Å². The number of ether oxygens (including phenoxy) is 1. The first-order valence-corrected chi connectivity index (χ1v) is 9.05. The number of aromatic nitrogens is 1. The molecule has 5 nitrogen and oxygen atoms in total. The zero-order valence-corrected chi connectivity index (χ0v) is 15.9. The van der Waals surface area contributed by atoms with E-state index in [1.807, 2.05) is 30.3 Å². The van der Waals surface area contributed by atoms with Gasteiger partial charge in [-0.15, -0.1) is 0 Å². The zero-order valence-electron chi connectivity index (χ0n) is 13.6. The fourth-order valence-electron chi connectivity index (χ4n) is 2.18. The monoisotopic (exact) mass is 405 g/mol. The third-order valence-corrected chi connectivity index (χ3v) is 5.00. The third kappa shape index (κ3) is 4.04. The van der Waals surface area contributed by atoms with Gasteiger partial charge in [0.05, 0.1) is 29.1 Å². The van der Waals surface area contributed by atoms with Crippen LogP contribution >= 0.6 is 34.5 Å². The number of hydrogen-bond donors (Lipinski definition) is 1. The minimum absolute atomic E-state index is 0.396. The van der Waals surface area contributed by atoms with Crippen LogP contribution in [0, 0.1) is 0 Å². The number of halogens is 2. The van der Waals surface area contributed by atoms with Crippen molar-refractivity contribution in [1.29, 1.82) is 0 Å². The summed E-state index contributed by atoms with van der Waals surface area (Å²) in [5, 5.41) is 5.54. The van der Waals surface area contributed by atoms with Crippen molar-refractivity contribution in [2.75, 3.05) is 12.5 Å². The molecule has 0 aliphatic heterocycles. The Hall–Kier alpha value is -2.41. The highest BCUT2D eigenvalue weighted by Crippen LogP contribution is 2.31. The highest BCUT2D eigenvalue weighted by molar-refractivity contribution is 7.17. The second-order valence-electron chi connectivity index (χ2n) is 5.06. The summed E-state index contributed by atoms with van der Waals surface area (Å²) in [7, 11) is 1.33. The van der Waals surface area contributed by atoms with Gasteiger partial charge in [-0.3, -0.25) is 5.43 Å². The van der Waals surface area contributed by atoms with Crippen LogP contribution in [0.4, 0.5) is 5.13 Å². The summed E-state index contributed by atoms with van der Waals surface area (Å²) in [4.78, 5) is 16.9. The van der Waals surface area contributed by atoms with E-state index in [9.17, 15) is 4.79 Å². The zero-order chi connectivity index (χ0) is 18.5. The number of nitrogens with zero attached hydrogens (tertiary/aromatic N) is 2. The van der Waals surface area contributed by atoms with Gasteiger partial charge in [0.15, 0.2) is 0 Å². The lowest BCUT2D eigenvalue weighted by atomic mass is 10.1. The molecule has 2 aromatic carbocycles. The van der Waals surface area contributed by atoms with Crippen LogP contribution in [-0.4, -0.2) is 24.3 Å². The molecule has 1 N–H and O–H groups in total. The van der Waals surface area contributed by atoms with Gasteiger partial charge in [0.1, 0.15) is 4.88 Å². The number of methoxy groups -OCH3 is 1. The van der Waals surface area contributed by atoms with Gasteiger partial charge in [-0.05, 0) is 12.1 Å². The predicted molar refractivity (Wildman–Crippen MR) is 107 cm³/mol. The smallest absolute Gasteiger partial charge is 0.350 e. The van der Waals surface area contributed by atoms with Crippen LogP contribution in [0.15, 0.2) is 53.6 Å². The summed E-state index contributed by atoms with van der Waals surface area (Å²) < 4.78 is 4.85. The first kappa shape index (κ1) is 18.4. The summed E-state index contributed by atoms with van der Waals surface area (Å²) in [6.07, 6.45) is 1.51. The maximum absolute atomic E-state index is 12.1. The van der Waals surface area contributed by atoms with E-state index in [1.165, 1.54) is 13.3 Å². The molecule has 0 unspecified atom stereocenters. The van der Waals surface area contributed by atoms with Crippen molar-refractivity contribution in [1.82, 2.24) is 4.98 Å².